The number of thiazole rings is 1. The number of aliphatic hydroxyl groups is 1. The van der Waals surface area contributed by atoms with Crippen LogP contribution < -0.4 is 0 Å². The Bertz CT molecular complexity index is 790. The molecule has 8 nitrogen and oxygen atoms in total. The molecule has 3 aromatic rings. The molecule has 0 saturated carbocycles. The Morgan fingerprint density at radius 1 is 1.60 bits per heavy atom. The molecule has 0 radical (unpaired) electrons. The van der Waals surface area contributed by atoms with Gasteiger partial charge in [-0.05, 0) is 16.7 Å². The number of rotatable bonds is 4. The molecule has 10 heteroatoms. The van der Waals surface area contributed by atoms with Gasteiger partial charge in [0.05, 0.1) is 18.5 Å². The van der Waals surface area contributed by atoms with Gasteiger partial charge in [0, 0.05) is 12.4 Å². The summed E-state index contributed by atoms with van der Waals surface area (Å²) in [6.45, 7) is -0.134. The Hall–Kier alpha value is -1.91. The number of nitrogens with zero attached hydrogens (tertiary/aromatic N) is 5. The maximum atomic E-state index is 11.2. The molecule has 0 aromatic carbocycles. The maximum absolute atomic E-state index is 11.2. The molecule has 0 amide bonds. The summed E-state index contributed by atoms with van der Waals surface area (Å²) in [5.74, 6) is -0.0696. The molecule has 0 spiro atoms. The predicted octanol–water partition coefficient (Wildman–Crippen LogP) is 1.68. The fourth-order valence-electron chi connectivity index (χ4n) is 1.74. The van der Waals surface area contributed by atoms with Gasteiger partial charge in [-0.1, -0.05) is 11.3 Å². The van der Waals surface area contributed by atoms with E-state index in [2.05, 4.69) is 9.97 Å². The monoisotopic (exact) mass is 311 g/mol. The van der Waals surface area contributed by atoms with Gasteiger partial charge in [0.2, 0.25) is 5.03 Å². The second-order valence-corrected chi connectivity index (χ2v) is 5.73. The summed E-state index contributed by atoms with van der Waals surface area (Å²) < 4.78 is 3.13. The lowest BCUT2D eigenvalue weighted by Gasteiger charge is -2.01. The third-order valence-corrected chi connectivity index (χ3v) is 4.56. The summed E-state index contributed by atoms with van der Waals surface area (Å²) in [5, 5.41) is 22.9. The Kier molecular flexibility index (Phi) is 3.20. The van der Waals surface area contributed by atoms with Crippen LogP contribution >= 0.6 is 23.1 Å². The van der Waals surface area contributed by atoms with Crippen LogP contribution in [0.25, 0.3) is 4.96 Å². The van der Waals surface area contributed by atoms with Gasteiger partial charge in [0.25, 0.3) is 4.96 Å². The van der Waals surface area contributed by atoms with Gasteiger partial charge in [-0.25, -0.2) is 4.98 Å². The maximum Gasteiger partial charge on any atom is 0.363 e. The molecule has 104 valence electrons. The minimum Gasteiger partial charge on any atom is -0.390 e. The molecule has 0 bridgehead atoms. The quantitative estimate of drug-likeness (QED) is 0.581. The number of fused-ring (bicyclic) bond motifs is 1. The van der Waals surface area contributed by atoms with Crippen LogP contribution in [0.15, 0.2) is 28.0 Å². The van der Waals surface area contributed by atoms with Crippen molar-refractivity contribution < 1.29 is 10.0 Å². The fraction of sp³-hybridized carbons (Fsp3) is 0.200. The highest BCUT2D eigenvalue weighted by Gasteiger charge is 2.25. The van der Waals surface area contributed by atoms with Crippen LogP contribution in [0.2, 0.25) is 0 Å². The molecule has 3 aromatic heterocycles. The van der Waals surface area contributed by atoms with E-state index in [1.807, 2.05) is 0 Å². The average molecular weight is 311 g/mol. The van der Waals surface area contributed by atoms with E-state index in [-0.39, 0.29) is 12.4 Å². The molecule has 0 aliphatic rings. The molecule has 20 heavy (non-hydrogen) atoms. The van der Waals surface area contributed by atoms with E-state index >= 15 is 0 Å². The largest absolute Gasteiger partial charge is 0.390 e. The topological polar surface area (TPSA) is 98.5 Å². The normalized spacial score (nSPS) is 11.3. The standard InChI is InChI=1S/C10H9N5O3S2/c1-13-6(5-16)4-11-9(13)20-7-8(15(17)18)14-2-3-19-10(14)12-7/h2-4,16H,5H2,1H3. The molecule has 0 fully saturated rings. The number of imidazole rings is 2. The van der Waals surface area contributed by atoms with Crippen molar-refractivity contribution >= 4 is 33.9 Å². The number of hydrogen-bond acceptors (Lipinski definition) is 7. The van der Waals surface area contributed by atoms with Crippen molar-refractivity contribution in [2.24, 2.45) is 7.05 Å². The molecule has 0 atom stereocenters. The van der Waals surface area contributed by atoms with Crippen molar-refractivity contribution in [1.82, 2.24) is 18.9 Å². The lowest BCUT2D eigenvalue weighted by molar-refractivity contribution is -0.393. The van der Waals surface area contributed by atoms with E-state index < -0.39 is 4.92 Å². The Morgan fingerprint density at radius 3 is 3.05 bits per heavy atom. The summed E-state index contributed by atoms with van der Waals surface area (Å²) >= 11 is 2.44. The van der Waals surface area contributed by atoms with Crippen molar-refractivity contribution in [2.75, 3.05) is 0 Å². The third kappa shape index (κ3) is 1.97. The fourth-order valence-corrected chi connectivity index (χ4v) is 3.44. The van der Waals surface area contributed by atoms with E-state index in [0.717, 1.165) is 11.8 Å². The third-order valence-electron chi connectivity index (χ3n) is 2.77. The van der Waals surface area contributed by atoms with Gasteiger partial charge in [0.15, 0.2) is 5.16 Å². The highest BCUT2D eigenvalue weighted by Crippen LogP contribution is 2.35. The number of hydrogen-bond donors (Lipinski definition) is 1. The smallest absolute Gasteiger partial charge is 0.363 e. The first-order valence-electron chi connectivity index (χ1n) is 5.51. The zero-order valence-corrected chi connectivity index (χ0v) is 11.9. The van der Waals surface area contributed by atoms with Crippen LogP contribution in [0.3, 0.4) is 0 Å². The van der Waals surface area contributed by atoms with Gasteiger partial charge in [-0.3, -0.25) is 0 Å². The SMILES string of the molecule is Cn1c(CO)cnc1Sc1nc2sccn2c1[N+](=O)[O-]. The van der Waals surface area contributed by atoms with Crippen LogP contribution in [0.1, 0.15) is 5.69 Å². The van der Waals surface area contributed by atoms with Gasteiger partial charge in [0.1, 0.15) is 6.20 Å². The zero-order valence-electron chi connectivity index (χ0n) is 10.3. The highest BCUT2D eigenvalue weighted by atomic mass is 32.2. The van der Waals surface area contributed by atoms with E-state index in [9.17, 15) is 10.1 Å². The van der Waals surface area contributed by atoms with Crippen LogP contribution in [0, 0.1) is 10.1 Å². The molecule has 0 aliphatic heterocycles. The van der Waals surface area contributed by atoms with E-state index in [1.165, 1.54) is 21.9 Å². The Labute approximate surface area is 120 Å². The van der Waals surface area contributed by atoms with Crippen molar-refractivity contribution in [3.05, 3.63) is 33.6 Å². The summed E-state index contributed by atoms with van der Waals surface area (Å²) in [5.41, 5.74) is 0.635. The second-order valence-electron chi connectivity index (χ2n) is 3.90. The van der Waals surface area contributed by atoms with E-state index in [4.69, 9.17) is 5.11 Å². The number of nitro groups is 1. The molecule has 0 aliphatic carbocycles. The second kappa shape index (κ2) is 4.89. The van der Waals surface area contributed by atoms with Gasteiger partial charge < -0.3 is 19.8 Å². The first kappa shape index (κ1) is 13.1. The highest BCUT2D eigenvalue weighted by molar-refractivity contribution is 7.99. The lowest BCUT2D eigenvalue weighted by Crippen LogP contribution is -1.98. The summed E-state index contributed by atoms with van der Waals surface area (Å²) in [6.07, 6.45) is 3.15. The zero-order chi connectivity index (χ0) is 14.3. The van der Waals surface area contributed by atoms with Crippen LogP contribution in [0.4, 0.5) is 5.82 Å². The molecule has 0 unspecified atom stereocenters. The van der Waals surface area contributed by atoms with Crippen molar-refractivity contribution in [3.63, 3.8) is 0 Å². The first-order chi connectivity index (χ1) is 9.61. The summed E-state index contributed by atoms with van der Waals surface area (Å²) in [7, 11) is 1.74. The molecular formula is C10H9N5O3S2. The predicted molar refractivity (Wildman–Crippen MR) is 73.0 cm³/mol. The van der Waals surface area contributed by atoms with E-state index in [1.54, 1.807) is 23.2 Å². The molecule has 1 N–H and O–H groups in total. The first-order valence-corrected chi connectivity index (χ1v) is 7.20. The van der Waals surface area contributed by atoms with Crippen LogP contribution in [-0.2, 0) is 13.7 Å². The minimum absolute atomic E-state index is 0.0696. The minimum atomic E-state index is -0.453. The molecule has 3 heterocycles. The summed E-state index contributed by atoms with van der Waals surface area (Å²) in [6, 6.07) is 0. The number of aliphatic hydroxyl groups excluding tert-OH is 1. The van der Waals surface area contributed by atoms with Crippen LogP contribution in [-0.4, -0.2) is 29.0 Å². The van der Waals surface area contributed by atoms with Gasteiger partial charge in [-0.2, -0.15) is 9.38 Å². The van der Waals surface area contributed by atoms with Gasteiger partial charge >= 0.3 is 5.82 Å². The van der Waals surface area contributed by atoms with E-state index in [0.29, 0.717) is 20.8 Å². The average Bonchev–Trinajstić information content (AvgIpc) is 3.05. The van der Waals surface area contributed by atoms with Crippen molar-refractivity contribution in [1.29, 1.82) is 0 Å². The van der Waals surface area contributed by atoms with Crippen molar-refractivity contribution in [2.45, 2.75) is 16.8 Å². The lowest BCUT2D eigenvalue weighted by atomic mass is 10.5. The summed E-state index contributed by atoms with van der Waals surface area (Å²) in [4.78, 5) is 19.7. The van der Waals surface area contributed by atoms with Crippen LogP contribution in [0.5, 0.6) is 0 Å². The molecule has 3 rings (SSSR count). The molecule has 0 saturated heterocycles. The number of aromatic nitrogens is 4. The Morgan fingerprint density at radius 2 is 2.40 bits per heavy atom. The van der Waals surface area contributed by atoms with Crippen molar-refractivity contribution in [3.8, 4) is 0 Å². The molecular weight excluding hydrogens is 302 g/mol. The van der Waals surface area contributed by atoms with Gasteiger partial charge in [-0.15, -0.1) is 0 Å². The Balaban J connectivity index is 2.05.